The van der Waals surface area contributed by atoms with Crippen molar-refractivity contribution in [3.05, 3.63) is 41.3 Å². The molecule has 0 radical (unpaired) electrons. The minimum Gasteiger partial charge on any atom is -0.381 e. The van der Waals surface area contributed by atoms with Gasteiger partial charge in [0.1, 0.15) is 5.82 Å². The predicted molar refractivity (Wildman–Crippen MR) is 93.9 cm³/mol. The van der Waals surface area contributed by atoms with Gasteiger partial charge >= 0.3 is 0 Å². The quantitative estimate of drug-likeness (QED) is 0.863. The molecular formula is C18H19FN2O4S. The first-order chi connectivity index (χ1) is 12.4. The summed E-state index contributed by atoms with van der Waals surface area (Å²) in [5.41, 5.74) is 1.38. The molecule has 1 saturated heterocycles. The van der Waals surface area contributed by atoms with E-state index in [1.54, 1.807) is 6.07 Å². The Hall–Kier alpha value is -2.06. The van der Waals surface area contributed by atoms with Crippen molar-refractivity contribution in [1.82, 2.24) is 9.71 Å². The highest BCUT2D eigenvalue weighted by Crippen LogP contribution is 2.40. The first kappa shape index (κ1) is 17.4. The normalized spacial score (nSPS) is 20.4. The first-order valence-electron chi connectivity index (χ1n) is 8.64. The van der Waals surface area contributed by atoms with Crippen molar-refractivity contribution in [3.63, 3.8) is 0 Å². The lowest BCUT2D eigenvalue weighted by atomic mass is 10.1. The number of carbonyl (C=O) groups is 1. The van der Waals surface area contributed by atoms with E-state index in [1.807, 2.05) is 0 Å². The van der Waals surface area contributed by atoms with Gasteiger partial charge in [-0.3, -0.25) is 9.78 Å². The molecule has 1 unspecified atom stereocenters. The van der Waals surface area contributed by atoms with Crippen molar-refractivity contribution in [1.29, 1.82) is 0 Å². The molecule has 1 atom stereocenters. The zero-order valence-electron chi connectivity index (χ0n) is 14.1. The second-order valence-electron chi connectivity index (χ2n) is 6.97. The minimum absolute atomic E-state index is 0.117. The van der Waals surface area contributed by atoms with Gasteiger partial charge in [0.25, 0.3) is 5.91 Å². The van der Waals surface area contributed by atoms with Crippen LogP contribution in [0, 0.1) is 11.7 Å². The van der Waals surface area contributed by atoms with E-state index >= 15 is 0 Å². The van der Waals surface area contributed by atoms with Crippen LogP contribution in [0.3, 0.4) is 0 Å². The summed E-state index contributed by atoms with van der Waals surface area (Å²) in [5, 5.41) is 0.311. The van der Waals surface area contributed by atoms with Crippen LogP contribution in [-0.4, -0.2) is 38.3 Å². The number of pyridine rings is 1. The van der Waals surface area contributed by atoms with E-state index in [0.717, 1.165) is 18.5 Å². The van der Waals surface area contributed by atoms with Gasteiger partial charge in [-0.2, -0.15) is 0 Å². The number of fused-ring (bicyclic) bond motifs is 1. The Bertz CT molecular complexity index is 967. The van der Waals surface area contributed by atoms with Crippen LogP contribution in [-0.2, 0) is 14.8 Å². The number of ether oxygens (including phenoxy) is 1. The number of carbonyl (C=O) groups excluding carboxylic acids is 1. The van der Waals surface area contributed by atoms with E-state index < -0.39 is 21.7 Å². The summed E-state index contributed by atoms with van der Waals surface area (Å²) in [6.45, 7) is 0.914. The molecule has 138 valence electrons. The number of hydrogen-bond acceptors (Lipinski definition) is 5. The average Bonchev–Trinajstić information content (AvgIpc) is 3.31. The smallest absolute Gasteiger partial charge is 0.265 e. The summed E-state index contributed by atoms with van der Waals surface area (Å²) < 4.78 is 45.6. The molecule has 2 heterocycles. The van der Waals surface area contributed by atoms with E-state index in [1.165, 1.54) is 18.2 Å². The van der Waals surface area contributed by atoms with Crippen LogP contribution in [0.25, 0.3) is 10.9 Å². The molecule has 2 aliphatic rings. The zero-order chi connectivity index (χ0) is 18.3. The molecule has 1 amide bonds. The third-order valence-corrected chi connectivity index (χ3v) is 6.16. The predicted octanol–water partition coefficient (Wildman–Crippen LogP) is 2.35. The Kier molecular flexibility index (Phi) is 4.40. The lowest BCUT2D eigenvalue weighted by Crippen LogP contribution is -2.35. The Morgan fingerprint density at radius 2 is 2.08 bits per heavy atom. The monoisotopic (exact) mass is 378 g/mol. The highest BCUT2D eigenvalue weighted by atomic mass is 32.2. The summed E-state index contributed by atoms with van der Waals surface area (Å²) in [7, 11) is -3.80. The molecule has 26 heavy (non-hydrogen) atoms. The summed E-state index contributed by atoms with van der Waals surface area (Å²) in [6.07, 6.45) is 2.63. The highest BCUT2D eigenvalue weighted by molar-refractivity contribution is 7.90. The number of nitrogens with one attached hydrogen (secondary N) is 1. The standard InChI is InChI=1S/C18H19FN2O4S/c19-13-3-4-16-14(7-13)15(8-17(20-16)12-1-2-12)18(22)21-26(23,24)10-11-5-6-25-9-11/h3-4,7-8,11-12H,1-2,5-6,9-10H2,(H,21,22). The SMILES string of the molecule is O=C(NS(=O)(=O)CC1CCOC1)c1cc(C2CC2)nc2ccc(F)cc12. The maximum Gasteiger partial charge on any atom is 0.265 e. The fourth-order valence-corrected chi connectivity index (χ4v) is 4.62. The summed E-state index contributed by atoms with van der Waals surface area (Å²) in [5.74, 6) is -1.24. The van der Waals surface area contributed by atoms with Crippen molar-refractivity contribution in [2.24, 2.45) is 5.92 Å². The maximum atomic E-state index is 13.7. The molecule has 2 aromatic rings. The van der Waals surface area contributed by atoms with Gasteiger partial charge in [-0.1, -0.05) is 0 Å². The summed E-state index contributed by atoms with van der Waals surface area (Å²) >= 11 is 0. The van der Waals surface area contributed by atoms with Gasteiger partial charge in [0.2, 0.25) is 10.0 Å². The van der Waals surface area contributed by atoms with Crippen molar-refractivity contribution in [3.8, 4) is 0 Å². The largest absolute Gasteiger partial charge is 0.381 e. The fourth-order valence-electron chi connectivity index (χ4n) is 3.26. The van der Waals surface area contributed by atoms with Crippen molar-refractivity contribution < 1.29 is 22.3 Å². The Labute approximate surface area is 150 Å². The minimum atomic E-state index is -3.80. The molecule has 1 saturated carbocycles. The van der Waals surface area contributed by atoms with Crippen LogP contribution in [0.15, 0.2) is 24.3 Å². The Morgan fingerprint density at radius 3 is 2.77 bits per heavy atom. The fraction of sp³-hybridized carbons (Fsp3) is 0.444. The van der Waals surface area contributed by atoms with Crippen LogP contribution in [0.2, 0.25) is 0 Å². The average molecular weight is 378 g/mol. The van der Waals surface area contributed by atoms with Gasteiger partial charge < -0.3 is 4.74 Å². The molecular weight excluding hydrogens is 359 g/mol. The second-order valence-corrected chi connectivity index (χ2v) is 8.74. The summed E-state index contributed by atoms with van der Waals surface area (Å²) in [4.78, 5) is 17.2. The van der Waals surface area contributed by atoms with Crippen LogP contribution < -0.4 is 4.72 Å². The zero-order valence-corrected chi connectivity index (χ0v) is 14.9. The van der Waals surface area contributed by atoms with Gasteiger partial charge in [0.15, 0.2) is 0 Å². The molecule has 1 aliphatic heterocycles. The third-order valence-electron chi connectivity index (χ3n) is 4.76. The molecule has 2 fully saturated rings. The van der Waals surface area contributed by atoms with Crippen LogP contribution in [0.4, 0.5) is 4.39 Å². The highest BCUT2D eigenvalue weighted by Gasteiger charge is 2.29. The van der Waals surface area contributed by atoms with Crippen LogP contribution >= 0.6 is 0 Å². The molecule has 4 rings (SSSR count). The lowest BCUT2D eigenvalue weighted by Gasteiger charge is -2.12. The molecule has 1 aromatic heterocycles. The molecule has 1 aromatic carbocycles. The van der Waals surface area contributed by atoms with Crippen LogP contribution in [0.5, 0.6) is 0 Å². The second kappa shape index (κ2) is 6.59. The summed E-state index contributed by atoms with van der Waals surface area (Å²) in [6, 6.07) is 5.59. The van der Waals surface area contributed by atoms with E-state index in [2.05, 4.69) is 9.71 Å². The van der Waals surface area contributed by atoms with Gasteiger partial charge in [0, 0.05) is 29.5 Å². The number of aromatic nitrogens is 1. The number of halogens is 1. The lowest BCUT2D eigenvalue weighted by molar-refractivity contribution is 0.0982. The number of benzene rings is 1. The third kappa shape index (κ3) is 3.71. The van der Waals surface area contributed by atoms with Gasteiger partial charge in [-0.05, 0) is 43.5 Å². The van der Waals surface area contributed by atoms with Gasteiger partial charge in [-0.15, -0.1) is 0 Å². The van der Waals surface area contributed by atoms with Crippen LogP contribution in [0.1, 0.15) is 41.2 Å². The number of hydrogen-bond donors (Lipinski definition) is 1. The number of nitrogens with zero attached hydrogens (tertiary/aromatic N) is 1. The number of sulfonamides is 1. The Morgan fingerprint density at radius 1 is 1.27 bits per heavy atom. The van der Waals surface area contributed by atoms with E-state index in [4.69, 9.17) is 4.74 Å². The molecule has 0 spiro atoms. The van der Waals surface area contributed by atoms with Gasteiger partial charge in [-0.25, -0.2) is 17.5 Å². The maximum absolute atomic E-state index is 13.7. The van der Waals surface area contributed by atoms with E-state index in [-0.39, 0.29) is 23.2 Å². The first-order valence-corrected chi connectivity index (χ1v) is 10.3. The van der Waals surface area contributed by atoms with Gasteiger partial charge in [0.05, 0.1) is 23.4 Å². The van der Waals surface area contributed by atoms with Crippen molar-refractivity contribution >= 4 is 26.8 Å². The molecule has 8 heteroatoms. The molecule has 1 N–H and O–H groups in total. The number of rotatable bonds is 5. The topological polar surface area (TPSA) is 85.4 Å². The molecule has 1 aliphatic carbocycles. The van der Waals surface area contributed by atoms with Crippen molar-refractivity contribution in [2.75, 3.05) is 19.0 Å². The van der Waals surface area contributed by atoms with E-state index in [0.29, 0.717) is 30.5 Å². The van der Waals surface area contributed by atoms with Crippen molar-refractivity contribution in [2.45, 2.75) is 25.2 Å². The number of amides is 1. The van der Waals surface area contributed by atoms with E-state index in [9.17, 15) is 17.6 Å². The molecule has 6 nitrogen and oxygen atoms in total. The Balaban J connectivity index is 1.65. The molecule has 0 bridgehead atoms.